The third-order valence-corrected chi connectivity index (χ3v) is 3.32. The van der Waals surface area contributed by atoms with Gasteiger partial charge in [0.1, 0.15) is 11.5 Å². The van der Waals surface area contributed by atoms with E-state index in [1.54, 1.807) is 24.3 Å². The van der Waals surface area contributed by atoms with Crippen LogP contribution in [0, 0.1) is 5.82 Å². The maximum absolute atomic E-state index is 13.1. The molecule has 0 bridgehead atoms. The fourth-order valence-electron chi connectivity index (χ4n) is 2.20. The van der Waals surface area contributed by atoms with Crippen molar-refractivity contribution in [1.82, 2.24) is 15.0 Å². The number of primary amides is 1. The maximum Gasteiger partial charge on any atom is 0.248 e. The number of aromatic nitrogens is 3. The van der Waals surface area contributed by atoms with Crippen molar-refractivity contribution in [2.45, 2.75) is 0 Å². The van der Waals surface area contributed by atoms with Crippen LogP contribution >= 0.6 is 0 Å². The minimum absolute atomic E-state index is 0.135. The maximum atomic E-state index is 13.1. The van der Waals surface area contributed by atoms with E-state index in [2.05, 4.69) is 10.3 Å². The van der Waals surface area contributed by atoms with E-state index in [1.165, 1.54) is 28.9 Å². The first-order valence-electron chi connectivity index (χ1n) is 6.67. The van der Waals surface area contributed by atoms with Gasteiger partial charge in [-0.3, -0.25) is 9.59 Å². The number of aldehydes is 1. The number of halogens is 1. The minimum Gasteiger partial charge on any atom is -0.366 e. The van der Waals surface area contributed by atoms with E-state index < -0.39 is 5.91 Å². The summed E-state index contributed by atoms with van der Waals surface area (Å²) < 4.78 is 14.5. The van der Waals surface area contributed by atoms with Crippen LogP contribution in [0.2, 0.25) is 0 Å². The van der Waals surface area contributed by atoms with Crippen LogP contribution in [0.25, 0.3) is 16.9 Å². The standard InChI is InChI=1S/C16H11FN4O2/c17-12-5-1-10(2-6-12)15-14(9-22)19-20-21(15)13-7-3-11(4-8-13)16(18)23/h1-9H,(H2,18,23). The predicted molar refractivity (Wildman–Crippen MR) is 80.7 cm³/mol. The molecule has 0 aliphatic rings. The first kappa shape index (κ1) is 14.6. The van der Waals surface area contributed by atoms with Gasteiger partial charge in [0.15, 0.2) is 12.0 Å². The number of rotatable bonds is 4. The average molecular weight is 310 g/mol. The summed E-state index contributed by atoms with van der Waals surface area (Å²) in [7, 11) is 0. The Labute approximate surface area is 130 Å². The van der Waals surface area contributed by atoms with Crippen LogP contribution in [0.1, 0.15) is 20.8 Å². The summed E-state index contributed by atoms with van der Waals surface area (Å²) in [6.45, 7) is 0. The first-order valence-corrected chi connectivity index (χ1v) is 6.67. The topological polar surface area (TPSA) is 90.9 Å². The van der Waals surface area contributed by atoms with Gasteiger partial charge in [0.25, 0.3) is 0 Å². The fourth-order valence-corrected chi connectivity index (χ4v) is 2.20. The molecule has 2 N–H and O–H groups in total. The molecule has 0 aliphatic heterocycles. The smallest absolute Gasteiger partial charge is 0.248 e. The van der Waals surface area contributed by atoms with Gasteiger partial charge in [0, 0.05) is 11.1 Å². The van der Waals surface area contributed by atoms with Crippen molar-refractivity contribution in [3.8, 4) is 16.9 Å². The van der Waals surface area contributed by atoms with Gasteiger partial charge in [-0.05, 0) is 48.5 Å². The highest BCUT2D eigenvalue weighted by atomic mass is 19.1. The molecular formula is C16H11FN4O2. The lowest BCUT2D eigenvalue weighted by atomic mass is 10.1. The van der Waals surface area contributed by atoms with Crippen molar-refractivity contribution in [2.24, 2.45) is 5.73 Å². The van der Waals surface area contributed by atoms with Crippen LogP contribution in [0.5, 0.6) is 0 Å². The van der Waals surface area contributed by atoms with E-state index in [0.717, 1.165) is 0 Å². The molecule has 0 radical (unpaired) electrons. The highest BCUT2D eigenvalue weighted by molar-refractivity contribution is 5.93. The molecule has 0 fully saturated rings. The number of benzene rings is 2. The van der Waals surface area contributed by atoms with Crippen LogP contribution in [-0.2, 0) is 0 Å². The molecule has 2 aromatic carbocycles. The van der Waals surface area contributed by atoms with Gasteiger partial charge in [0.05, 0.1) is 5.69 Å². The third kappa shape index (κ3) is 2.71. The number of hydrogen-bond donors (Lipinski definition) is 1. The first-order chi connectivity index (χ1) is 11.1. The Balaban J connectivity index is 2.13. The van der Waals surface area contributed by atoms with Crippen molar-refractivity contribution in [1.29, 1.82) is 0 Å². The van der Waals surface area contributed by atoms with E-state index in [1.807, 2.05) is 0 Å². The van der Waals surface area contributed by atoms with Gasteiger partial charge in [-0.25, -0.2) is 9.07 Å². The van der Waals surface area contributed by atoms with Gasteiger partial charge in [-0.2, -0.15) is 0 Å². The van der Waals surface area contributed by atoms with E-state index in [-0.39, 0.29) is 11.5 Å². The summed E-state index contributed by atoms with van der Waals surface area (Å²) in [4.78, 5) is 22.3. The Morgan fingerprint density at radius 2 is 1.74 bits per heavy atom. The molecule has 0 unspecified atom stereocenters. The third-order valence-electron chi connectivity index (χ3n) is 3.32. The van der Waals surface area contributed by atoms with Gasteiger partial charge in [-0.15, -0.1) is 5.10 Å². The number of nitrogens with zero attached hydrogens (tertiary/aromatic N) is 3. The predicted octanol–water partition coefficient (Wildman–Crippen LogP) is 1.98. The summed E-state index contributed by atoms with van der Waals surface area (Å²) >= 11 is 0. The molecule has 1 heterocycles. The second kappa shape index (κ2) is 5.80. The largest absolute Gasteiger partial charge is 0.366 e. The number of carbonyl (C=O) groups excluding carboxylic acids is 2. The lowest BCUT2D eigenvalue weighted by Gasteiger charge is -2.07. The molecule has 0 saturated carbocycles. The molecular weight excluding hydrogens is 299 g/mol. The fraction of sp³-hybridized carbons (Fsp3) is 0. The van der Waals surface area contributed by atoms with Gasteiger partial charge in [0.2, 0.25) is 5.91 Å². The Morgan fingerprint density at radius 3 is 2.30 bits per heavy atom. The Kier molecular flexibility index (Phi) is 3.68. The molecule has 3 rings (SSSR count). The van der Waals surface area contributed by atoms with Gasteiger partial charge >= 0.3 is 0 Å². The lowest BCUT2D eigenvalue weighted by Crippen LogP contribution is -2.11. The molecule has 3 aromatic rings. The van der Waals surface area contributed by atoms with Crippen LogP contribution in [0.4, 0.5) is 4.39 Å². The Morgan fingerprint density at radius 1 is 1.09 bits per heavy atom. The van der Waals surface area contributed by atoms with Crippen LogP contribution in [-0.4, -0.2) is 27.2 Å². The summed E-state index contributed by atoms with van der Waals surface area (Å²) in [6.07, 6.45) is 0.583. The van der Waals surface area contributed by atoms with Gasteiger partial charge in [-0.1, -0.05) is 5.21 Å². The van der Waals surface area contributed by atoms with Crippen molar-refractivity contribution < 1.29 is 14.0 Å². The molecule has 1 aromatic heterocycles. The normalized spacial score (nSPS) is 10.5. The SMILES string of the molecule is NC(=O)c1ccc(-n2nnc(C=O)c2-c2ccc(F)cc2)cc1. The quantitative estimate of drug-likeness (QED) is 0.746. The zero-order valence-electron chi connectivity index (χ0n) is 11.8. The molecule has 114 valence electrons. The van der Waals surface area contributed by atoms with Crippen molar-refractivity contribution >= 4 is 12.2 Å². The van der Waals surface area contributed by atoms with E-state index in [4.69, 9.17) is 5.73 Å². The van der Waals surface area contributed by atoms with Gasteiger partial charge < -0.3 is 5.73 Å². The van der Waals surface area contributed by atoms with Crippen LogP contribution < -0.4 is 5.73 Å². The molecule has 0 aliphatic carbocycles. The zero-order chi connectivity index (χ0) is 16.4. The highest BCUT2D eigenvalue weighted by Crippen LogP contribution is 2.24. The van der Waals surface area contributed by atoms with Crippen molar-refractivity contribution in [2.75, 3.05) is 0 Å². The van der Waals surface area contributed by atoms with E-state index in [9.17, 15) is 14.0 Å². The monoisotopic (exact) mass is 310 g/mol. The summed E-state index contributed by atoms with van der Waals surface area (Å²) in [5, 5.41) is 7.78. The lowest BCUT2D eigenvalue weighted by molar-refractivity contribution is 0.1000. The number of carbonyl (C=O) groups is 2. The number of hydrogen-bond acceptors (Lipinski definition) is 4. The Hall–Kier alpha value is -3.35. The molecule has 7 heteroatoms. The number of amides is 1. The molecule has 0 saturated heterocycles. The average Bonchev–Trinajstić information content (AvgIpc) is 2.99. The molecule has 0 atom stereocenters. The van der Waals surface area contributed by atoms with E-state index in [0.29, 0.717) is 28.8 Å². The number of nitrogens with two attached hydrogens (primary N) is 1. The summed E-state index contributed by atoms with van der Waals surface area (Å²) in [6, 6.07) is 12.0. The van der Waals surface area contributed by atoms with Crippen molar-refractivity contribution in [3.63, 3.8) is 0 Å². The zero-order valence-corrected chi connectivity index (χ0v) is 11.8. The van der Waals surface area contributed by atoms with Crippen LogP contribution in [0.3, 0.4) is 0 Å². The van der Waals surface area contributed by atoms with Crippen LogP contribution in [0.15, 0.2) is 48.5 Å². The minimum atomic E-state index is -0.539. The molecule has 6 nitrogen and oxygen atoms in total. The molecule has 23 heavy (non-hydrogen) atoms. The molecule has 1 amide bonds. The summed E-state index contributed by atoms with van der Waals surface area (Å²) in [5.41, 5.74) is 7.32. The second-order valence-electron chi connectivity index (χ2n) is 4.77. The van der Waals surface area contributed by atoms with Crippen molar-refractivity contribution in [3.05, 3.63) is 65.6 Å². The Bertz CT molecular complexity index is 870. The molecule has 0 spiro atoms. The second-order valence-corrected chi connectivity index (χ2v) is 4.77. The van der Waals surface area contributed by atoms with E-state index >= 15 is 0 Å². The highest BCUT2D eigenvalue weighted by Gasteiger charge is 2.16. The summed E-state index contributed by atoms with van der Waals surface area (Å²) in [5.74, 6) is -0.922.